The first-order chi connectivity index (χ1) is 16.0. The fourth-order valence-electron chi connectivity index (χ4n) is 9.58. The lowest BCUT2D eigenvalue weighted by Crippen LogP contribution is -2.83. The van der Waals surface area contributed by atoms with Gasteiger partial charge in [-0.2, -0.15) is 0 Å². The molecule has 7 atom stereocenters. The van der Waals surface area contributed by atoms with E-state index in [2.05, 4.69) is 31.7 Å². The van der Waals surface area contributed by atoms with Crippen molar-refractivity contribution in [2.75, 3.05) is 20.2 Å². The lowest BCUT2D eigenvalue weighted by molar-refractivity contribution is -0.312. The topological polar surface area (TPSA) is 62.2 Å². The maximum atomic E-state index is 12.2. The van der Waals surface area contributed by atoms with E-state index in [1.54, 1.807) is 0 Å². The molecule has 1 aromatic rings. The predicted octanol–water partition coefficient (Wildman–Crippen LogP) is 4.41. The van der Waals surface area contributed by atoms with Crippen LogP contribution in [0, 0.1) is 22.7 Å². The molecule has 5 fully saturated rings. The van der Waals surface area contributed by atoms with Crippen LogP contribution in [0.5, 0.6) is 11.5 Å². The number of piperidine rings is 1. The molecule has 2 spiro atoms. The summed E-state index contributed by atoms with van der Waals surface area (Å²) in [6.07, 6.45) is 7.64. The summed E-state index contributed by atoms with van der Waals surface area (Å²) in [5.41, 5.74) is 0.783. The van der Waals surface area contributed by atoms with E-state index >= 15 is 0 Å². The van der Waals surface area contributed by atoms with E-state index in [1.165, 1.54) is 30.5 Å². The van der Waals surface area contributed by atoms with Gasteiger partial charge in [0.25, 0.3) is 0 Å². The summed E-state index contributed by atoms with van der Waals surface area (Å²) >= 11 is 0. The van der Waals surface area contributed by atoms with Crippen LogP contribution in [0.3, 0.4) is 0 Å². The first-order valence-electron chi connectivity index (χ1n) is 13.6. The number of hydrogen-bond acceptors (Lipinski definition) is 5. The molecule has 2 heterocycles. The molecular weight excluding hydrogens is 426 g/mol. The Hall–Kier alpha value is -1.30. The highest BCUT2D eigenvalue weighted by Crippen LogP contribution is 2.78. The Morgan fingerprint density at radius 3 is 2.59 bits per heavy atom. The summed E-state index contributed by atoms with van der Waals surface area (Å²) in [6.45, 7) is 10.8. The monoisotopic (exact) mass is 467 g/mol. The van der Waals surface area contributed by atoms with Crippen molar-refractivity contribution in [1.82, 2.24) is 4.90 Å². The minimum absolute atomic E-state index is 0.0294. The van der Waals surface area contributed by atoms with Gasteiger partial charge in [0.05, 0.1) is 5.60 Å². The molecule has 4 bridgehead atoms. The van der Waals surface area contributed by atoms with Crippen LogP contribution in [-0.4, -0.2) is 58.7 Å². The second kappa shape index (κ2) is 6.33. The van der Waals surface area contributed by atoms with Gasteiger partial charge in [0.1, 0.15) is 11.7 Å². The van der Waals surface area contributed by atoms with Gasteiger partial charge < -0.3 is 19.7 Å². The van der Waals surface area contributed by atoms with Crippen molar-refractivity contribution in [3.8, 4) is 11.5 Å². The first kappa shape index (κ1) is 21.9. The Labute approximate surface area is 203 Å². The van der Waals surface area contributed by atoms with Crippen molar-refractivity contribution in [3.63, 3.8) is 0 Å². The highest BCUT2D eigenvalue weighted by atomic mass is 16.6. The largest absolute Gasteiger partial charge is 0.504 e. The van der Waals surface area contributed by atoms with E-state index in [4.69, 9.17) is 9.47 Å². The van der Waals surface area contributed by atoms with Crippen molar-refractivity contribution < 1.29 is 19.7 Å². The molecule has 0 radical (unpaired) electrons. The van der Waals surface area contributed by atoms with Gasteiger partial charge in [-0.15, -0.1) is 0 Å². The molecule has 186 valence electrons. The van der Waals surface area contributed by atoms with E-state index in [0.29, 0.717) is 11.8 Å². The Kier molecular flexibility index (Phi) is 4.08. The molecule has 1 aromatic carbocycles. The van der Waals surface area contributed by atoms with Gasteiger partial charge >= 0.3 is 0 Å². The lowest BCUT2D eigenvalue weighted by Gasteiger charge is -2.75. The molecule has 4 saturated carbocycles. The summed E-state index contributed by atoms with van der Waals surface area (Å²) in [5, 5.41) is 23.2. The standard InChI is InChI=1S/C29H41NO4/c1-25(2,3)26(4,32)20-15-27-10-11-29(20,33-5)24-28(27)12-13-30(16-17-6-7-17)21(27)14-18-8-9-19(31)23(34-24)22(18)28/h8-9,17,20-21,24,31-32H,6-7,10-16H2,1-5H3/t20?,21-,24?,26+,27+,28+,29+/m1/s1. The minimum Gasteiger partial charge on any atom is -0.504 e. The minimum atomic E-state index is -0.909. The van der Waals surface area contributed by atoms with Crippen molar-refractivity contribution >= 4 is 0 Å². The second-order valence-electron chi connectivity index (χ2n) is 13.8. The molecule has 5 nitrogen and oxygen atoms in total. The molecule has 7 aliphatic rings. The zero-order valence-electron chi connectivity index (χ0n) is 21.5. The highest BCUT2D eigenvalue weighted by Gasteiger charge is 2.82. The van der Waals surface area contributed by atoms with Gasteiger partial charge in [-0.05, 0) is 81.4 Å². The number of aromatic hydroxyl groups is 1. The average molecular weight is 468 g/mol. The molecule has 34 heavy (non-hydrogen) atoms. The number of methoxy groups -OCH3 is 1. The number of rotatable bonds is 4. The summed E-state index contributed by atoms with van der Waals surface area (Å²) in [7, 11) is 1.83. The van der Waals surface area contributed by atoms with Crippen LogP contribution in [0.25, 0.3) is 0 Å². The maximum Gasteiger partial charge on any atom is 0.165 e. The molecule has 1 saturated heterocycles. The molecule has 8 rings (SSSR count). The van der Waals surface area contributed by atoms with Crippen LogP contribution in [0.2, 0.25) is 0 Å². The fourth-order valence-corrected chi connectivity index (χ4v) is 9.58. The Morgan fingerprint density at radius 1 is 1.15 bits per heavy atom. The summed E-state index contributed by atoms with van der Waals surface area (Å²) in [4.78, 5) is 2.82. The van der Waals surface area contributed by atoms with E-state index in [1.807, 2.05) is 20.1 Å². The molecule has 2 N–H and O–H groups in total. The van der Waals surface area contributed by atoms with E-state index in [-0.39, 0.29) is 34.0 Å². The second-order valence-corrected chi connectivity index (χ2v) is 13.8. The van der Waals surface area contributed by atoms with Crippen molar-refractivity contribution in [2.45, 2.75) is 101 Å². The smallest absolute Gasteiger partial charge is 0.165 e. The third-order valence-electron chi connectivity index (χ3n) is 11.9. The predicted molar refractivity (Wildman–Crippen MR) is 130 cm³/mol. The van der Waals surface area contributed by atoms with Gasteiger partial charge in [-0.3, -0.25) is 4.90 Å². The van der Waals surface area contributed by atoms with Gasteiger partial charge in [0, 0.05) is 42.0 Å². The SMILES string of the molecule is CO[C@@]12CC[C@]3(CC1[C@](C)(O)C(C)(C)C)[C@H]1Cc4ccc(O)c5c4[C@@]3(CCN1CC1CC1)C2O5. The number of benzene rings is 1. The summed E-state index contributed by atoms with van der Waals surface area (Å²) < 4.78 is 13.5. The maximum absolute atomic E-state index is 12.2. The van der Waals surface area contributed by atoms with Crippen LogP contribution >= 0.6 is 0 Å². The summed E-state index contributed by atoms with van der Waals surface area (Å²) in [5.74, 6) is 1.80. The number of fused-ring (bicyclic) bond motifs is 2. The number of nitrogens with zero attached hydrogens (tertiary/aromatic N) is 1. The number of hydrogen-bond donors (Lipinski definition) is 2. The number of phenols is 1. The Morgan fingerprint density at radius 2 is 1.91 bits per heavy atom. The van der Waals surface area contributed by atoms with Crippen LogP contribution in [0.15, 0.2) is 12.1 Å². The zero-order chi connectivity index (χ0) is 23.9. The lowest BCUT2D eigenvalue weighted by atomic mass is 9.33. The van der Waals surface area contributed by atoms with Crippen LogP contribution in [0.4, 0.5) is 0 Å². The van der Waals surface area contributed by atoms with Crippen LogP contribution in [0.1, 0.15) is 77.3 Å². The molecular formula is C29H41NO4. The van der Waals surface area contributed by atoms with E-state index in [9.17, 15) is 10.2 Å². The number of ether oxygens (including phenoxy) is 2. The number of likely N-dealkylation sites (tertiary alicyclic amines) is 1. The van der Waals surface area contributed by atoms with Gasteiger partial charge in [-0.1, -0.05) is 26.8 Å². The number of aliphatic hydroxyl groups is 1. The Bertz CT molecular complexity index is 1060. The summed E-state index contributed by atoms with van der Waals surface area (Å²) in [6, 6.07) is 4.46. The Balaban J connectivity index is 1.47. The van der Waals surface area contributed by atoms with Gasteiger partial charge in [-0.25, -0.2) is 0 Å². The number of phenolic OH excluding ortho intramolecular Hbond substituents is 1. The van der Waals surface area contributed by atoms with Crippen molar-refractivity contribution in [3.05, 3.63) is 23.3 Å². The first-order valence-corrected chi connectivity index (χ1v) is 13.6. The molecule has 0 aromatic heterocycles. The molecule has 5 aliphatic carbocycles. The molecule has 2 unspecified atom stereocenters. The van der Waals surface area contributed by atoms with Gasteiger partial charge in [0.2, 0.25) is 0 Å². The quantitative estimate of drug-likeness (QED) is 0.687. The normalized spacial score (nSPS) is 43.9. The van der Waals surface area contributed by atoms with E-state index < -0.39 is 11.2 Å². The fraction of sp³-hybridized carbons (Fsp3) is 0.793. The average Bonchev–Trinajstić information content (AvgIpc) is 3.53. The third kappa shape index (κ3) is 2.25. The van der Waals surface area contributed by atoms with Crippen molar-refractivity contribution in [1.29, 1.82) is 0 Å². The van der Waals surface area contributed by atoms with Crippen LogP contribution < -0.4 is 4.74 Å². The molecule has 5 heteroatoms. The zero-order valence-corrected chi connectivity index (χ0v) is 21.5. The third-order valence-corrected chi connectivity index (χ3v) is 11.9. The highest BCUT2D eigenvalue weighted by molar-refractivity contribution is 5.63. The van der Waals surface area contributed by atoms with Crippen LogP contribution in [-0.2, 0) is 16.6 Å². The van der Waals surface area contributed by atoms with E-state index in [0.717, 1.165) is 44.6 Å². The molecule has 2 aliphatic heterocycles. The van der Waals surface area contributed by atoms with Crippen molar-refractivity contribution in [2.24, 2.45) is 22.7 Å². The van der Waals surface area contributed by atoms with Gasteiger partial charge in [0.15, 0.2) is 11.5 Å². The molecule has 0 amide bonds.